The third-order valence-electron chi connectivity index (χ3n) is 7.79. The molecule has 1 heterocycles. The molecule has 1 aliphatic carbocycles. The number of hydrogen-bond acceptors (Lipinski definition) is 3. The first-order chi connectivity index (χ1) is 16.2. The second-order valence-corrected chi connectivity index (χ2v) is 10.0. The molecule has 3 aromatic rings. The number of aliphatic hydroxyl groups is 1. The van der Waals surface area contributed by atoms with Gasteiger partial charge in [0.1, 0.15) is 0 Å². The van der Waals surface area contributed by atoms with Crippen LogP contribution >= 0.6 is 0 Å². The smallest absolute Gasteiger partial charge is 0.0684 e. The van der Waals surface area contributed by atoms with E-state index in [2.05, 4.69) is 89.6 Å². The summed E-state index contributed by atoms with van der Waals surface area (Å²) in [5, 5.41) is 10.3. The Balaban J connectivity index is 1.67. The first-order valence-electron chi connectivity index (χ1n) is 12.5. The van der Waals surface area contributed by atoms with E-state index < -0.39 is 0 Å². The summed E-state index contributed by atoms with van der Waals surface area (Å²) in [6.45, 7) is 4.45. The maximum absolute atomic E-state index is 10.3. The Hall–Kier alpha value is -2.62. The van der Waals surface area contributed by atoms with Crippen molar-refractivity contribution >= 4 is 5.69 Å². The van der Waals surface area contributed by atoms with Crippen LogP contribution in [-0.2, 0) is 31.3 Å². The molecule has 0 spiro atoms. The second kappa shape index (κ2) is 9.70. The maximum Gasteiger partial charge on any atom is 0.0684 e. The van der Waals surface area contributed by atoms with Gasteiger partial charge in [-0.2, -0.15) is 0 Å². The van der Waals surface area contributed by atoms with Crippen molar-refractivity contribution in [3.05, 3.63) is 101 Å². The van der Waals surface area contributed by atoms with Crippen molar-refractivity contribution in [2.24, 2.45) is 0 Å². The summed E-state index contributed by atoms with van der Waals surface area (Å²) in [4.78, 5) is 5.03. The molecule has 3 nitrogen and oxygen atoms in total. The summed E-state index contributed by atoms with van der Waals surface area (Å²) < 4.78 is 0. The van der Waals surface area contributed by atoms with E-state index in [1.807, 2.05) is 0 Å². The summed E-state index contributed by atoms with van der Waals surface area (Å²) >= 11 is 0. The SMILES string of the molecule is CN1CCN(c2ccc(CO)c3c2C(Cc2ccccc2)(Cc2ccccc2)CCC3)CC1. The van der Waals surface area contributed by atoms with E-state index >= 15 is 0 Å². The van der Waals surface area contributed by atoms with Gasteiger partial charge in [-0.25, -0.2) is 0 Å². The number of hydrogen-bond donors (Lipinski definition) is 1. The minimum Gasteiger partial charge on any atom is -0.392 e. The zero-order valence-corrected chi connectivity index (χ0v) is 19.8. The van der Waals surface area contributed by atoms with Gasteiger partial charge in [0.2, 0.25) is 0 Å². The van der Waals surface area contributed by atoms with E-state index in [9.17, 15) is 5.11 Å². The van der Waals surface area contributed by atoms with Gasteiger partial charge >= 0.3 is 0 Å². The highest BCUT2D eigenvalue weighted by Crippen LogP contribution is 2.48. The molecule has 1 aliphatic heterocycles. The Bertz CT molecular complexity index is 1010. The Kier molecular flexibility index (Phi) is 6.52. The van der Waals surface area contributed by atoms with E-state index in [-0.39, 0.29) is 12.0 Å². The number of aliphatic hydroxyl groups excluding tert-OH is 1. The average Bonchev–Trinajstić information content (AvgIpc) is 2.85. The number of anilines is 1. The minimum absolute atomic E-state index is 0.0279. The van der Waals surface area contributed by atoms with Crippen molar-refractivity contribution < 1.29 is 5.11 Å². The standard InChI is InChI=1S/C30H36N2O/c1-31-17-19-32(20-18-31)28-15-14-26(23-33)27-13-8-16-30(29(27)28,21-24-9-4-2-5-10-24)22-25-11-6-3-7-12-25/h2-7,9-12,14-15,33H,8,13,16-23H2,1H3. The summed E-state index contributed by atoms with van der Waals surface area (Å²) in [7, 11) is 2.22. The van der Waals surface area contributed by atoms with Crippen LogP contribution in [0.5, 0.6) is 0 Å². The molecule has 1 N–H and O–H groups in total. The molecule has 0 bridgehead atoms. The largest absolute Gasteiger partial charge is 0.392 e. The number of benzene rings is 3. The van der Waals surface area contributed by atoms with Gasteiger partial charge in [0, 0.05) is 37.3 Å². The van der Waals surface area contributed by atoms with Gasteiger partial charge in [-0.1, -0.05) is 66.7 Å². The Morgan fingerprint density at radius 3 is 1.97 bits per heavy atom. The fraction of sp³-hybridized carbons (Fsp3) is 0.400. The van der Waals surface area contributed by atoms with E-state index in [0.29, 0.717) is 0 Å². The summed E-state index contributed by atoms with van der Waals surface area (Å²) in [6, 6.07) is 26.5. The van der Waals surface area contributed by atoms with Crippen LogP contribution in [0.1, 0.15) is 40.7 Å². The molecule has 3 heteroatoms. The predicted molar refractivity (Wildman–Crippen MR) is 137 cm³/mol. The van der Waals surface area contributed by atoms with Crippen molar-refractivity contribution in [3.63, 3.8) is 0 Å². The molecular formula is C30H36N2O. The lowest BCUT2D eigenvalue weighted by Gasteiger charge is -2.45. The molecule has 0 amide bonds. The van der Waals surface area contributed by atoms with Crippen LogP contribution in [0.2, 0.25) is 0 Å². The zero-order chi connectivity index (χ0) is 22.7. The zero-order valence-electron chi connectivity index (χ0n) is 19.8. The molecule has 0 aromatic heterocycles. The van der Waals surface area contributed by atoms with Crippen molar-refractivity contribution in [2.75, 3.05) is 38.1 Å². The molecule has 2 aliphatic rings. The van der Waals surface area contributed by atoms with E-state index in [0.717, 1.165) is 51.0 Å². The highest BCUT2D eigenvalue weighted by molar-refractivity contribution is 5.64. The third-order valence-corrected chi connectivity index (χ3v) is 7.79. The Morgan fingerprint density at radius 2 is 1.39 bits per heavy atom. The molecule has 0 radical (unpaired) electrons. The molecule has 1 fully saturated rings. The van der Waals surface area contributed by atoms with Crippen LogP contribution < -0.4 is 4.90 Å². The van der Waals surface area contributed by atoms with Crippen molar-refractivity contribution in [2.45, 2.75) is 44.1 Å². The number of nitrogens with zero attached hydrogens (tertiary/aromatic N) is 2. The third kappa shape index (κ3) is 4.58. The van der Waals surface area contributed by atoms with Gasteiger partial charge in [0.05, 0.1) is 6.61 Å². The van der Waals surface area contributed by atoms with Crippen molar-refractivity contribution in [1.29, 1.82) is 0 Å². The fourth-order valence-corrected chi connectivity index (χ4v) is 6.13. The summed E-state index contributed by atoms with van der Waals surface area (Å²) in [5.41, 5.74) is 8.28. The molecule has 0 unspecified atom stereocenters. The second-order valence-electron chi connectivity index (χ2n) is 10.0. The number of likely N-dealkylation sites (N-methyl/N-ethyl adjacent to an activating group) is 1. The van der Waals surface area contributed by atoms with Gasteiger partial charge in [-0.15, -0.1) is 0 Å². The fourth-order valence-electron chi connectivity index (χ4n) is 6.13. The molecule has 1 saturated heterocycles. The lowest BCUT2D eigenvalue weighted by Crippen LogP contribution is -2.46. The molecule has 5 rings (SSSR count). The minimum atomic E-state index is 0.0279. The molecular weight excluding hydrogens is 404 g/mol. The van der Waals surface area contributed by atoms with Crippen molar-refractivity contribution in [3.8, 4) is 0 Å². The molecule has 0 atom stereocenters. The normalized spacial score (nSPS) is 18.2. The van der Waals surface area contributed by atoms with E-state index in [1.165, 1.54) is 40.8 Å². The molecule has 3 aromatic carbocycles. The maximum atomic E-state index is 10.3. The van der Waals surface area contributed by atoms with Gasteiger partial charge in [0.15, 0.2) is 0 Å². The number of rotatable bonds is 6. The number of fused-ring (bicyclic) bond motifs is 1. The lowest BCUT2D eigenvalue weighted by atomic mass is 9.62. The van der Waals surface area contributed by atoms with E-state index in [1.54, 1.807) is 0 Å². The van der Waals surface area contributed by atoms with E-state index in [4.69, 9.17) is 0 Å². The highest BCUT2D eigenvalue weighted by atomic mass is 16.3. The van der Waals surface area contributed by atoms with Crippen LogP contribution in [0, 0.1) is 0 Å². The molecule has 172 valence electrons. The average molecular weight is 441 g/mol. The van der Waals surface area contributed by atoms with Crippen LogP contribution in [0.3, 0.4) is 0 Å². The van der Waals surface area contributed by atoms with Gasteiger partial charge in [0.25, 0.3) is 0 Å². The topological polar surface area (TPSA) is 26.7 Å². The number of piperazine rings is 1. The first kappa shape index (κ1) is 22.2. The summed E-state index contributed by atoms with van der Waals surface area (Å²) in [5.74, 6) is 0. The van der Waals surface area contributed by atoms with Gasteiger partial charge < -0.3 is 14.9 Å². The van der Waals surface area contributed by atoms with Crippen molar-refractivity contribution in [1.82, 2.24) is 4.90 Å². The first-order valence-corrected chi connectivity index (χ1v) is 12.5. The van der Waals surface area contributed by atoms with Crippen LogP contribution in [0.4, 0.5) is 5.69 Å². The van der Waals surface area contributed by atoms with Crippen LogP contribution in [0.15, 0.2) is 72.8 Å². The molecule has 0 saturated carbocycles. The monoisotopic (exact) mass is 440 g/mol. The quantitative estimate of drug-likeness (QED) is 0.585. The van der Waals surface area contributed by atoms with Gasteiger partial charge in [-0.3, -0.25) is 0 Å². The van der Waals surface area contributed by atoms with Gasteiger partial charge in [-0.05, 0) is 73.0 Å². The molecule has 33 heavy (non-hydrogen) atoms. The predicted octanol–water partition coefficient (Wildman–Crippen LogP) is 4.99. The highest BCUT2D eigenvalue weighted by Gasteiger charge is 2.40. The Labute approximate surface area is 198 Å². The summed E-state index contributed by atoms with van der Waals surface area (Å²) in [6.07, 6.45) is 5.49. The van der Waals surface area contributed by atoms with Crippen LogP contribution in [-0.4, -0.2) is 43.2 Å². The lowest BCUT2D eigenvalue weighted by molar-refractivity contribution is 0.277. The Morgan fingerprint density at radius 1 is 0.788 bits per heavy atom. The van der Waals surface area contributed by atoms with Crippen LogP contribution in [0.25, 0.3) is 0 Å².